The summed E-state index contributed by atoms with van der Waals surface area (Å²) in [5, 5.41) is 12.2. The van der Waals surface area contributed by atoms with Crippen molar-refractivity contribution < 1.29 is 5.11 Å². The fourth-order valence-corrected chi connectivity index (χ4v) is 1.39. The predicted octanol–water partition coefficient (Wildman–Crippen LogP) is 1.19. The highest BCUT2D eigenvalue weighted by atomic mass is 16.3. The van der Waals surface area contributed by atoms with Crippen LogP contribution >= 0.6 is 0 Å². The van der Waals surface area contributed by atoms with Crippen molar-refractivity contribution in [2.24, 2.45) is 11.8 Å². The standard InChI is InChI=1S/C11H20N4O/c1-9(8-16)3-2-5-13-10-4-6-14-11(7-10)15-12/h4,6-7,9,16H,2-3,5,8,12H2,1H3,(H2,13,14,15). The number of nitrogens with two attached hydrogens (primary N) is 1. The Morgan fingerprint density at radius 1 is 1.56 bits per heavy atom. The Hall–Kier alpha value is -1.33. The van der Waals surface area contributed by atoms with Gasteiger partial charge in [0, 0.05) is 31.1 Å². The number of hydrazine groups is 1. The van der Waals surface area contributed by atoms with E-state index < -0.39 is 0 Å². The van der Waals surface area contributed by atoms with Crippen LogP contribution in [-0.2, 0) is 0 Å². The zero-order valence-corrected chi connectivity index (χ0v) is 9.61. The molecule has 0 aliphatic carbocycles. The molecule has 0 aromatic carbocycles. The van der Waals surface area contributed by atoms with Crippen LogP contribution in [0.3, 0.4) is 0 Å². The molecule has 0 aliphatic rings. The predicted molar refractivity (Wildman–Crippen MR) is 66.0 cm³/mol. The van der Waals surface area contributed by atoms with Crippen molar-refractivity contribution in [2.75, 3.05) is 23.9 Å². The molecule has 1 aromatic rings. The molecule has 0 saturated heterocycles. The first-order valence-corrected chi connectivity index (χ1v) is 5.53. The minimum atomic E-state index is 0.260. The van der Waals surface area contributed by atoms with Crippen LogP contribution in [0.5, 0.6) is 0 Å². The van der Waals surface area contributed by atoms with Gasteiger partial charge in [0.15, 0.2) is 0 Å². The van der Waals surface area contributed by atoms with Crippen molar-refractivity contribution in [1.29, 1.82) is 0 Å². The van der Waals surface area contributed by atoms with Gasteiger partial charge in [0.1, 0.15) is 5.82 Å². The van der Waals surface area contributed by atoms with Crippen LogP contribution in [0.25, 0.3) is 0 Å². The van der Waals surface area contributed by atoms with Crippen LogP contribution in [-0.4, -0.2) is 23.2 Å². The van der Waals surface area contributed by atoms with Gasteiger partial charge in [0.25, 0.3) is 0 Å². The Bertz CT molecular complexity index is 306. The summed E-state index contributed by atoms with van der Waals surface area (Å²) in [5.74, 6) is 6.29. The van der Waals surface area contributed by atoms with Gasteiger partial charge in [-0.15, -0.1) is 0 Å². The lowest BCUT2D eigenvalue weighted by atomic mass is 10.1. The summed E-state index contributed by atoms with van der Waals surface area (Å²) in [6.07, 6.45) is 3.76. The first-order valence-electron chi connectivity index (χ1n) is 5.53. The SMILES string of the molecule is CC(CO)CCCNc1ccnc(NN)c1. The highest BCUT2D eigenvalue weighted by Crippen LogP contribution is 2.11. The molecule has 0 saturated carbocycles. The molecule has 1 aromatic heterocycles. The van der Waals surface area contributed by atoms with E-state index >= 15 is 0 Å². The summed E-state index contributed by atoms with van der Waals surface area (Å²) in [6.45, 7) is 3.19. The van der Waals surface area contributed by atoms with Crippen molar-refractivity contribution in [3.05, 3.63) is 18.3 Å². The van der Waals surface area contributed by atoms with E-state index in [4.69, 9.17) is 10.9 Å². The minimum absolute atomic E-state index is 0.260. The van der Waals surface area contributed by atoms with Crippen LogP contribution in [0.1, 0.15) is 19.8 Å². The average molecular weight is 224 g/mol. The monoisotopic (exact) mass is 224 g/mol. The molecule has 0 radical (unpaired) electrons. The minimum Gasteiger partial charge on any atom is -0.396 e. The van der Waals surface area contributed by atoms with E-state index in [2.05, 4.69) is 15.7 Å². The van der Waals surface area contributed by atoms with Gasteiger partial charge in [-0.3, -0.25) is 0 Å². The summed E-state index contributed by atoms with van der Waals surface area (Å²) >= 11 is 0. The third kappa shape index (κ3) is 4.46. The Kier molecular flexibility index (Phi) is 5.60. The summed E-state index contributed by atoms with van der Waals surface area (Å²) in [4.78, 5) is 4.02. The van der Waals surface area contributed by atoms with Crippen molar-refractivity contribution in [3.8, 4) is 0 Å². The van der Waals surface area contributed by atoms with Gasteiger partial charge in [-0.05, 0) is 24.8 Å². The van der Waals surface area contributed by atoms with Gasteiger partial charge < -0.3 is 15.8 Å². The molecule has 5 nitrogen and oxygen atoms in total. The molecule has 0 fully saturated rings. The zero-order chi connectivity index (χ0) is 11.8. The maximum Gasteiger partial charge on any atom is 0.141 e. The summed E-state index contributed by atoms with van der Waals surface area (Å²) in [7, 11) is 0. The van der Waals surface area contributed by atoms with Gasteiger partial charge in [-0.2, -0.15) is 0 Å². The van der Waals surface area contributed by atoms with E-state index in [9.17, 15) is 0 Å². The Labute approximate surface area is 96.0 Å². The topological polar surface area (TPSA) is 83.2 Å². The zero-order valence-electron chi connectivity index (χ0n) is 9.61. The Morgan fingerprint density at radius 2 is 2.38 bits per heavy atom. The molecule has 1 unspecified atom stereocenters. The number of nitrogen functional groups attached to an aromatic ring is 1. The van der Waals surface area contributed by atoms with Crippen molar-refractivity contribution >= 4 is 11.5 Å². The number of anilines is 2. The van der Waals surface area contributed by atoms with Crippen LogP contribution in [0.15, 0.2) is 18.3 Å². The quantitative estimate of drug-likeness (QED) is 0.318. The van der Waals surface area contributed by atoms with Gasteiger partial charge >= 0.3 is 0 Å². The summed E-state index contributed by atoms with van der Waals surface area (Å²) < 4.78 is 0. The second kappa shape index (κ2) is 7.03. The molecule has 5 N–H and O–H groups in total. The first-order chi connectivity index (χ1) is 7.76. The number of hydrogen-bond acceptors (Lipinski definition) is 5. The number of pyridine rings is 1. The van der Waals surface area contributed by atoms with Crippen LogP contribution in [0, 0.1) is 5.92 Å². The molecule has 1 atom stereocenters. The molecule has 90 valence electrons. The smallest absolute Gasteiger partial charge is 0.141 e. The summed E-state index contributed by atoms with van der Waals surface area (Å²) in [5.41, 5.74) is 3.50. The van der Waals surface area contributed by atoms with Crippen molar-refractivity contribution in [2.45, 2.75) is 19.8 Å². The third-order valence-electron chi connectivity index (χ3n) is 2.42. The number of aliphatic hydroxyl groups is 1. The highest BCUT2D eigenvalue weighted by Gasteiger charge is 1.99. The van der Waals surface area contributed by atoms with Crippen molar-refractivity contribution in [1.82, 2.24) is 4.98 Å². The van der Waals surface area contributed by atoms with Crippen LogP contribution in [0.2, 0.25) is 0 Å². The van der Waals surface area contributed by atoms with E-state index in [0.717, 1.165) is 25.1 Å². The van der Waals surface area contributed by atoms with Gasteiger partial charge in [-0.25, -0.2) is 10.8 Å². The highest BCUT2D eigenvalue weighted by molar-refractivity contribution is 5.51. The van der Waals surface area contributed by atoms with Gasteiger partial charge in [0.05, 0.1) is 0 Å². The molecule has 16 heavy (non-hydrogen) atoms. The lowest BCUT2D eigenvalue weighted by Crippen LogP contribution is -2.10. The van der Waals surface area contributed by atoms with E-state index in [-0.39, 0.29) is 6.61 Å². The number of rotatable bonds is 7. The first kappa shape index (κ1) is 12.7. The molecule has 1 heterocycles. The normalized spacial score (nSPS) is 12.2. The van der Waals surface area contributed by atoms with E-state index in [1.165, 1.54) is 0 Å². The molecular weight excluding hydrogens is 204 g/mol. The number of aliphatic hydroxyl groups excluding tert-OH is 1. The largest absolute Gasteiger partial charge is 0.396 e. The lowest BCUT2D eigenvalue weighted by molar-refractivity contribution is 0.229. The molecule has 0 spiro atoms. The van der Waals surface area contributed by atoms with Crippen LogP contribution < -0.4 is 16.6 Å². The fraction of sp³-hybridized carbons (Fsp3) is 0.545. The number of aromatic nitrogens is 1. The molecule has 0 bridgehead atoms. The number of hydrogen-bond donors (Lipinski definition) is 4. The summed E-state index contributed by atoms with van der Waals surface area (Å²) in [6, 6.07) is 3.76. The molecular formula is C11H20N4O. The molecule has 5 heteroatoms. The number of nitrogens with zero attached hydrogens (tertiary/aromatic N) is 1. The number of nitrogens with one attached hydrogen (secondary N) is 2. The second-order valence-corrected chi connectivity index (χ2v) is 3.93. The Balaban J connectivity index is 2.26. The average Bonchev–Trinajstić information content (AvgIpc) is 2.34. The molecule has 0 aliphatic heterocycles. The molecule has 1 rings (SSSR count). The maximum absolute atomic E-state index is 8.87. The van der Waals surface area contributed by atoms with E-state index in [1.807, 2.05) is 19.1 Å². The van der Waals surface area contributed by atoms with Gasteiger partial charge in [0.2, 0.25) is 0 Å². The Morgan fingerprint density at radius 3 is 3.06 bits per heavy atom. The second-order valence-electron chi connectivity index (χ2n) is 3.93. The van der Waals surface area contributed by atoms with E-state index in [1.54, 1.807) is 6.20 Å². The van der Waals surface area contributed by atoms with Crippen molar-refractivity contribution in [3.63, 3.8) is 0 Å². The fourth-order valence-electron chi connectivity index (χ4n) is 1.39. The maximum atomic E-state index is 8.87. The van der Waals surface area contributed by atoms with Crippen LogP contribution in [0.4, 0.5) is 11.5 Å². The lowest BCUT2D eigenvalue weighted by Gasteiger charge is -2.09. The van der Waals surface area contributed by atoms with E-state index in [0.29, 0.717) is 11.7 Å². The molecule has 0 amide bonds. The third-order valence-corrected chi connectivity index (χ3v) is 2.42. The van der Waals surface area contributed by atoms with Gasteiger partial charge in [-0.1, -0.05) is 6.92 Å².